The van der Waals surface area contributed by atoms with Crippen molar-refractivity contribution in [1.29, 1.82) is 0 Å². The predicted octanol–water partition coefficient (Wildman–Crippen LogP) is 3.51. The summed E-state index contributed by atoms with van der Waals surface area (Å²) < 4.78 is 0. The van der Waals surface area contributed by atoms with Gasteiger partial charge in [-0.1, -0.05) is 30.3 Å². The standard InChI is InChI=1S/C32H37N5O3/c38-18-17-35-15-11-32(12-16-35)31(40)37(21-22-10-14-36(20-22)30(39)25-5-6-25)29(34-32)24-3-1-23(2-4-24)26-7-8-28-27(19-26)9-13-33-28/h1-4,7-9,13,19,22,25,33,38H,5-6,10-12,14-18,20-21H2/t22-/m1/s1. The van der Waals surface area contributed by atoms with Crippen molar-refractivity contribution in [2.75, 3.05) is 45.9 Å². The van der Waals surface area contributed by atoms with E-state index < -0.39 is 5.54 Å². The lowest BCUT2D eigenvalue weighted by molar-refractivity contribution is -0.133. The minimum absolute atomic E-state index is 0.0973. The number of aromatic amines is 1. The molecule has 1 aliphatic carbocycles. The highest BCUT2D eigenvalue weighted by molar-refractivity contribution is 6.15. The van der Waals surface area contributed by atoms with Crippen LogP contribution in [-0.2, 0) is 9.59 Å². The Morgan fingerprint density at radius 2 is 1.73 bits per heavy atom. The molecule has 1 saturated carbocycles. The number of β-amino-alcohol motifs (C(OH)–C–C–N with tert-alkyl or cyclic N) is 1. The molecular formula is C32H37N5O3. The molecule has 3 aliphatic heterocycles. The number of nitrogens with one attached hydrogen (secondary N) is 1. The van der Waals surface area contributed by atoms with Crippen molar-refractivity contribution in [3.8, 4) is 11.1 Å². The van der Waals surface area contributed by atoms with Crippen LogP contribution in [0.4, 0.5) is 0 Å². The Labute approximate surface area is 234 Å². The van der Waals surface area contributed by atoms with Crippen molar-refractivity contribution in [3.63, 3.8) is 0 Å². The highest BCUT2D eigenvalue weighted by atomic mass is 16.3. The molecule has 1 spiro atoms. The molecular weight excluding hydrogens is 502 g/mol. The number of aliphatic hydroxyl groups is 1. The third-order valence-electron chi connectivity index (χ3n) is 9.31. The van der Waals surface area contributed by atoms with E-state index in [1.54, 1.807) is 0 Å². The Balaban J connectivity index is 1.15. The topological polar surface area (TPSA) is 92.2 Å². The summed E-state index contributed by atoms with van der Waals surface area (Å²) in [6.07, 6.45) is 6.25. The third kappa shape index (κ3) is 4.63. The summed E-state index contributed by atoms with van der Waals surface area (Å²) in [5, 5.41) is 10.6. The summed E-state index contributed by atoms with van der Waals surface area (Å²) in [6, 6.07) is 16.9. The van der Waals surface area contributed by atoms with Crippen LogP contribution in [0.15, 0.2) is 59.7 Å². The summed E-state index contributed by atoms with van der Waals surface area (Å²) in [5.41, 5.74) is 3.62. The molecule has 7 rings (SSSR count). The number of likely N-dealkylation sites (tertiary alicyclic amines) is 2. The third-order valence-corrected chi connectivity index (χ3v) is 9.31. The number of aliphatic hydroxyl groups excluding tert-OH is 1. The van der Waals surface area contributed by atoms with Crippen molar-refractivity contribution in [1.82, 2.24) is 19.7 Å². The molecule has 4 aliphatic rings. The van der Waals surface area contributed by atoms with Crippen molar-refractivity contribution in [2.45, 2.75) is 37.6 Å². The van der Waals surface area contributed by atoms with Gasteiger partial charge in [-0.3, -0.25) is 19.5 Å². The van der Waals surface area contributed by atoms with Gasteiger partial charge in [0, 0.05) is 62.5 Å². The molecule has 2 aromatic carbocycles. The summed E-state index contributed by atoms with van der Waals surface area (Å²) >= 11 is 0. The van der Waals surface area contributed by atoms with Crippen LogP contribution in [0.25, 0.3) is 22.0 Å². The normalized spacial score (nSPS) is 23.0. The first-order valence-electron chi connectivity index (χ1n) is 14.7. The molecule has 40 heavy (non-hydrogen) atoms. The fourth-order valence-corrected chi connectivity index (χ4v) is 6.73. The van der Waals surface area contributed by atoms with Crippen molar-refractivity contribution in [2.24, 2.45) is 16.8 Å². The van der Waals surface area contributed by atoms with Gasteiger partial charge in [0.25, 0.3) is 5.91 Å². The van der Waals surface area contributed by atoms with Crippen molar-refractivity contribution < 1.29 is 14.7 Å². The van der Waals surface area contributed by atoms with Gasteiger partial charge >= 0.3 is 0 Å². The molecule has 1 atom stereocenters. The zero-order valence-corrected chi connectivity index (χ0v) is 22.9. The largest absolute Gasteiger partial charge is 0.395 e. The summed E-state index contributed by atoms with van der Waals surface area (Å²) in [7, 11) is 0. The Bertz CT molecular complexity index is 1450. The molecule has 0 unspecified atom stereocenters. The molecule has 8 nitrogen and oxygen atoms in total. The zero-order chi connectivity index (χ0) is 27.3. The van der Waals surface area contributed by atoms with Gasteiger partial charge in [-0.2, -0.15) is 0 Å². The van der Waals surface area contributed by atoms with Gasteiger partial charge in [-0.25, -0.2) is 0 Å². The lowest BCUT2D eigenvalue weighted by atomic mass is 9.87. The van der Waals surface area contributed by atoms with E-state index in [2.05, 4.69) is 58.4 Å². The molecule has 2 saturated heterocycles. The van der Waals surface area contributed by atoms with E-state index in [0.29, 0.717) is 31.8 Å². The summed E-state index contributed by atoms with van der Waals surface area (Å²) in [5.74, 6) is 1.65. The molecule has 0 radical (unpaired) electrons. The van der Waals surface area contributed by atoms with Gasteiger partial charge < -0.3 is 19.9 Å². The van der Waals surface area contributed by atoms with Crippen LogP contribution in [0.3, 0.4) is 0 Å². The first kappa shape index (κ1) is 25.5. The number of benzene rings is 2. The van der Waals surface area contributed by atoms with E-state index in [1.165, 1.54) is 5.39 Å². The number of piperidine rings is 1. The molecule has 208 valence electrons. The number of amidine groups is 1. The fraction of sp³-hybridized carbons (Fsp3) is 0.469. The molecule has 8 heteroatoms. The number of nitrogens with zero attached hydrogens (tertiary/aromatic N) is 4. The molecule has 3 fully saturated rings. The van der Waals surface area contributed by atoms with Crippen LogP contribution >= 0.6 is 0 Å². The quantitative estimate of drug-likeness (QED) is 0.481. The van der Waals surface area contributed by atoms with Crippen LogP contribution in [0.1, 0.15) is 37.7 Å². The highest BCUT2D eigenvalue weighted by Crippen LogP contribution is 2.37. The van der Waals surface area contributed by atoms with E-state index in [-0.39, 0.29) is 24.3 Å². The second-order valence-corrected chi connectivity index (χ2v) is 12.0. The summed E-state index contributed by atoms with van der Waals surface area (Å²) in [4.78, 5) is 41.4. The van der Waals surface area contributed by atoms with E-state index in [4.69, 9.17) is 4.99 Å². The van der Waals surface area contributed by atoms with Crippen LogP contribution in [0, 0.1) is 11.8 Å². The fourth-order valence-electron chi connectivity index (χ4n) is 6.73. The van der Waals surface area contributed by atoms with E-state index >= 15 is 0 Å². The minimum atomic E-state index is -0.735. The first-order chi connectivity index (χ1) is 19.5. The van der Waals surface area contributed by atoms with Crippen LogP contribution in [0.2, 0.25) is 0 Å². The van der Waals surface area contributed by atoms with Gasteiger partial charge in [0.05, 0.1) is 6.61 Å². The Morgan fingerprint density at radius 1 is 0.975 bits per heavy atom. The predicted molar refractivity (Wildman–Crippen MR) is 155 cm³/mol. The molecule has 2 N–H and O–H groups in total. The van der Waals surface area contributed by atoms with Gasteiger partial charge in [-0.15, -0.1) is 0 Å². The first-order valence-corrected chi connectivity index (χ1v) is 14.7. The zero-order valence-electron chi connectivity index (χ0n) is 22.9. The van der Waals surface area contributed by atoms with Gasteiger partial charge in [-0.05, 0) is 72.7 Å². The number of hydrogen-bond donors (Lipinski definition) is 2. The lowest BCUT2D eigenvalue weighted by Gasteiger charge is -2.36. The van der Waals surface area contributed by atoms with Gasteiger partial charge in [0.2, 0.25) is 5.91 Å². The number of rotatable bonds is 7. The number of hydrogen-bond acceptors (Lipinski definition) is 5. The van der Waals surface area contributed by atoms with E-state index in [1.807, 2.05) is 16.0 Å². The maximum Gasteiger partial charge on any atom is 0.256 e. The van der Waals surface area contributed by atoms with Crippen LogP contribution in [0.5, 0.6) is 0 Å². The Kier molecular flexibility index (Phi) is 6.47. The molecule has 3 aromatic rings. The lowest BCUT2D eigenvalue weighted by Crippen LogP contribution is -2.51. The van der Waals surface area contributed by atoms with Crippen LogP contribution in [-0.4, -0.2) is 93.9 Å². The Hall–Kier alpha value is -3.49. The minimum Gasteiger partial charge on any atom is -0.395 e. The number of carbonyl (C=O) groups excluding carboxylic acids is 2. The summed E-state index contributed by atoms with van der Waals surface area (Å²) in [6.45, 7) is 4.38. The number of aliphatic imine (C=N–C) groups is 1. The number of amides is 2. The maximum atomic E-state index is 14.1. The number of fused-ring (bicyclic) bond motifs is 1. The average molecular weight is 540 g/mol. The second kappa shape index (κ2) is 10.2. The van der Waals surface area contributed by atoms with E-state index in [9.17, 15) is 14.7 Å². The van der Waals surface area contributed by atoms with Crippen LogP contribution < -0.4 is 0 Å². The number of carbonyl (C=O) groups is 2. The van der Waals surface area contributed by atoms with Crippen molar-refractivity contribution in [3.05, 3.63) is 60.3 Å². The maximum absolute atomic E-state index is 14.1. The molecule has 1 aromatic heterocycles. The van der Waals surface area contributed by atoms with Gasteiger partial charge in [0.15, 0.2) is 0 Å². The molecule has 2 amide bonds. The SMILES string of the molecule is O=C(C1CC1)N1CC[C@@H](CN2C(=O)C3(CCN(CCO)CC3)N=C2c2ccc(-c3ccc4[nH]ccc4c3)cc2)C1. The molecule has 0 bridgehead atoms. The van der Waals surface area contributed by atoms with E-state index in [0.717, 1.165) is 73.5 Å². The van der Waals surface area contributed by atoms with Gasteiger partial charge in [0.1, 0.15) is 11.4 Å². The number of H-pyrrole nitrogens is 1. The highest BCUT2D eigenvalue weighted by Gasteiger charge is 2.50. The second-order valence-electron chi connectivity index (χ2n) is 12.0. The van der Waals surface area contributed by atoms with Crippen molar-refractivity contribution >= 4 is 28.6 Å². The smallest absolute Gasteiger partial charge is 0.256 e. The monoisotopic (exact) mass is 539 g/mol. The number of aromatic nitrogens is 1. The Morgan fingerprint density at radius 3 is 2.48 bits per heavy atom. The molecule has 4 heterocycles. The average Bonchev–Trinajstić information content (AvgIpc) is 3.44.